The van der Waals surface area contributed by atoms with E-state index < -0.39 is 0 Å². The maximum Gasteiger partial charge on any atom is 0.176 e. The van der Waals surface area contributed by atoms with Gasteiger partial charge in [0, 0.05) is 5.56 Å². The van der Waals surface area contributed by atoms with Crippen LogP contribution in [0.5, 0.6) is 0 Å². The number of benzene rings is 1. The van der Waals surface area contributed by atoms with E-state index in [-0.39, 0.29) is 10.6 Å². The summed E-state index contributed by atoms with van der Waals surface area (Å²) in [6, 6.07) is 4.36. The SMILES string of the molecule is CCc1cc(CC)c(C(=O)C(C)Br)c(CC)c1. The van der Waals surface area contributed by atoms with Gasteiger partial charge in [-0.2, -0.15) is 0 Å². The van der Waals surface area contributed by atoms with Crippen LogP contribution in [0.15, 0.2) is 12.1 Å². The van der Waals surface area contributed by atoms with Crippen LogP contribution >= 0.6 is 15.9 Å². The number of carbonyl (C=O) groups is 1. The smallest absolute Gasteiger partial charge is 0.176 e. The van der Waals surface area contributed by atoms with Crippen molar-refractivity contribution in [2.75, 3.05) is 0 Å². The molecular formula is C15H21BrO. The number of hydrogen-bond donors (Lipinski definition) is 0. The molecule has 1 unspecified atom stereocenters. The second-order valence-corrected chi connectivity index (χ2v) is 5.70. The number of Topliss-reactive ketones (excluding diaryl/α,β-unsaturated/α-hetero) is 1. The van der Waals surface area contributed by atoms with E-state index in [1.165, 1.54) is 16.7 Å². The molecule has 0 aliphatic heterocycles. The number of hydrogen-bond acceptors (Lipinski definition) is 1. The number of ketones is 1. The fraction of sp³-hybridized carbons (Fsp3) is 0.533. The van der Waals surface area contributed by atoms with Crippen LogP contribution in [0.1, 0.15) is 54.7 Å². The van der Waals surface area contributed by atoms with Gasteiger partial charge in [-0.15, -0.1) is 0 Å². The van der Waals surface area contributed by atoms with Crippen molar-refractivity contribution in [2.45, 2.75) is 51.8 Å². The van der Waals surface area contributed by atoms with Gasteiger partial charge in [0.25, 0.3) is 0 Å². The molecule has 1 aromatic rings. The molecule has 0 radical (unpaired) electrons. The molecule has 1 nitrogen and oxygen atoms in total. The van der Waals surface area contributed by atoms with Crippen molar-refractivity contribution in [2.24, 2.45) is 0 Å². The van der Waals surface area contributed by atoms with Crippen molar-refractivity contribution in [1.82, 2.24) is 0 Å². The van der Waals surface area contributed by atoms with Crippen molar-refractivity contribution < 1.29 is 4.79 Å². The molecule has 0 aliphatic rings. The predicted molar refractivity (Wildman–Crippen MR) is 77.3 cm³/mol. The highest BCUT2D eigenvalue weighted by Gasteiger charge is 2.19. The van der Waals surface area contributed by atoms with Gasteiger partial charge in [-0.3, -0.25) is 4.79 Å². The minimum atomic E-state index is -0.106. The first kappa shape index (κ1) is 14.4. The van der Waals surface area contributed by atoms with Crippen LogP contribution in [-0.2, 0) is 19.3 Å². The Morgan fingerprint density at radius 3 is 1.88 bits per heavy atom. The molecule has 1 rings (SSSR count). The van der Waals surface area contributed by atoms with E-state index >= 15 is 0 Å². The number of halogens is 1. The molecule has 0 bridgehead atoms. The van der Waals surface area contributed by atoms with Gasteiger partial charge < -0.3 is 0 Å². The molecule has 0 saturated carbocycles. The molecule has 0 spiro atoms. The number of aryl methyl sites for hydroxylation is 3. The Morgan fingerprint density at radius 2 is 1.59 bits per heavy atom. The summed E-state index contributed by atoms with van der Waals surface area (Å²) >= 11 is 3.39. The fourth-order valence-corrected chi connectivity index (χ4v) is 2.35. The average molecular weight is 297 g/mol. The van der Waals surface area contributed by atoms with Gasteiger partial charge in [-0.25, -0.2) is 0 Å². The third-order valence-electron chi connectivity index (χ3n) is 3.14. The summed E-state index contributed by atoms with van der Waals surface area (Å²) in [7, 11) is 0. The molecule has 0 amide bonds. The molecular weight excluding hydrogens is 276 g/mol. The lowest BCUT2D eigenvalue weighted by Crippen LogP contribution is -2.15. The van der Waals surface area contributed by atoms with E-state index in [4.69, 9.17) is 0 Å². The van der Waals surface area contributed by atoms with Crippen molar-refractivity contribution in [3.05, 3.63) is 34.4 Å². The zero-order chi connectivity index (χ0) is 13.0. The quantitative estimate of drug-likeness (QED) is 0.583. The van der Waals surface area contributed by atoms with Gasteiger partial charge >= 0.3 is 0 Å². The molecule has 1 atom stereocenters. The summed E-state index contributed by atoms with van der Waals surface area (Å²) in [6.07, 6.45) is 2.86. The third kappa shape index (κ3) is 3.19. The summed E-state index contributed by atoms with van der Waals surface area (Å²) in [5, 5.41) is 0. The highest BCUT2D eigenvalue weighted by atomic mass is 79.9. The normalized spacial score (nSPS) is 12.5. The summed E-state index contributed by atoms with van der Waals surface area (Å²) in [6.45, 7) is 8.28. The predicted octanol–water partition coefficient (Wildman–Crippen LogP) is 4.34. The minimum absolute atomic E-state index is 0.106. The van der Waals surface area contributed by atoms with Crippen LogP contribution in [0.4, 0.5) is 0 Å². The Hall–Kier alpha value is -0.630. The molecule has 2 heteroatoms. The standard InChI is InChI=1S/C15H21BrO/c1-5-11-8-12(6-2)14(13(7-3)9-11)15(17)10(4)16/h8-10H,5-7H2,1-4H3. The van der Waals surface area contributed by atoms with Crippen LogP contribution in [0.3, 0.4) is 0 Å². The van der Waals surface area contributed by atoms with E-state index in [2.05, 4.69) is 48.8 Å². The molecule has 94 valence electrons. The molecule has 17 heavy (non-hydrogen) atoms. The Kier molecular flexibility index (Phi) is 5.38. The summed E-state index contributed by atoms with van der Waals surface area (Å²) in [5.41, 5.74) is 4.66. The molecule has 0 aliphatic carbocycles. The van der Waals surface area contributed by atoms with Crippen LogP contribution in [0, 0.1) is 0 Å². The molecule has 0 saturated heterocycles. The molecule has 0 fully saturated rings. The van der Waals surface area contributed by atoms with E-state index in [9.17, 15) is 4.79 Å². The van der Waals surface area contributed by atoms with Gasteiger partial charge in [0.2, 0.25) is 0 Å². The van der Waals surface area contributed by atoms with Gasteiger partial charge in [-0.1, -0.05) is 48.8 Å². The molecule has 0 aromatic heterocycles. The third-order valence-corrected chi connectivity index (χ3v) is 3.56. The second kappa shape index (κ2) is 6.34. The van der Waals surface area contributed by atoms with E-state index in [1.807, 2.05) is 6.92 Å². The zero-order valence-corrected chi connectivity index (χ0v) is 12.7. The van der Waals surface area contributed by atoms with Crippen molar-refractivity contribution in [3.8, 4) is 0 Å². The summed E-state index contributed by atoms with van der Waals surface area (Å²) in [4.78, 5) is 12.2. The maximum absolute atomic E-state index is 12.3. The number of carbonyl (C=O) groups excluding carboxylic acids is 1. The number of alkyl halides is 1. The zero-order valence-electron chi connectivity index (χ0n) is 11.1. The first-order valence-electron chi connectivity index (χ1n) is 6.38. The minimum Gasteiger partial charge on any atom is -0.293 e. The largest absolute Gasteiger partial charge is 0.293 e. The summed E-state index contributed by atoms with van der Waals surface area (Å²) in [5.74, 6) is 0.210. The number of rotatable bonds is 5. The first-order valence-corrected chi connectivity index (χ1v) is 7.29. The lowest BCUT2D eigenvalue weighted by molar-refractivity contribution is 0.0994. The maximum atomic E-state index is 12.3. The highest BCUT2D eigenvalue weighted by molar-refractivity contribution is 9.10. The molecule has 0 N–H and O–H groups in total. The average Bonchev–Trinajstić information content (AvgIpc) is 2.35. The van der Waals surface area contributed by atoms with Crippen molar-refractivity contribution in [1.29, 1.82) is 0 Å². The van der Waals surface area contributed by atoms with Gasteiger partial charge in [-0.05, 0) is 42.9 Å². The first-order chi connectivity index (χ1) is 8.04. The lowest BCUT2D eigenvalue weighted by atomic mass is 9.90. The van der Waals surface area contributed by atoms with Crippen LogP contribution in [-0.4, -0.2) is 10.6 Å². The molecule has 0 heterocycles. The van der Waals surface area contributed by atoms with Crippen LogP contribution < -0.4 is 0 Å². The van der Waals surface area contributed by atoms with E-state index in [0.29, 0.717) is 0 Å². The van der Waals surface area contributed by atoms with Crippen molar-refractivity contribution >= 4 is 21.7 Å². The van der Waals surface area contributed by atoms with E-state index in [1.54, 1.807) is 0 Å². The molecule has 1 aromatic carbocycles. The highest BCUT2D eigenvalue weighted by Crippen LogP contribution is 2.23. The van der Waals surface area contributed by atoms with Gasteiger partial charge in [0.1, 0.15) is 0 Å². The fourth-order valence-electron chi connectivity index (χ4n) is 2.12. The van der Waals surface area contributed by atoms with Crippen molar-refractivity contribution in [3.63, 3.8) is 0 Å². The van der Waals surface area contributed by atoms with Crippen LogP contribution in [0.2, 0.25) is 0 Å². The van der Waals surface area contributed by atoms with E-state index in [0.717, 1.165) is 24.8 Å². The Balaban J connectivity index is 3.39. The lowest BCUT2D eigenvalue weighted by Gasteiger charge is -2.15. The Labute approximate surface area is 113 Å². The topological polar surface area (TPSA) is 17.1 Å². The Morgan fingerprint density at radius 1 is 1.12 bits per heavy atom. The Bertz CT molecular complexity index is 382. The van der Waals surface area contributed by atoms with Crippen LogP contribution in [0.25, 0.3) is 0 Å². The van der Waals surface area contributed by atoms with Gasteiger partial charge in [0.05, 0.1) is 4.83 Å². The monoisotopic (exact) mass is 296 g/mol. The second-order valence-electron chi connectivity index (χ2n) is 4.33. The van der Waals surface area contributed by atoms with Gasteiger partial charge in [0.15, 0.2) is 5.78 Å². The summed E-state index contributed by atoms with van der Waals surface area (Å²) < 4.78 is 0.